The number of anilines is 3. The lowest BCUT2D eigenvalue weighted by Crippen LogP contribution is -2.26. The van der Waals surface area contributed by atoms with E-state index in [1.807, 2.05) is 25.1 Å². The maximum Gasteiger partial charge on any atom is 0.272 e. The third-order valence-corrected chi connectivity index (χ3v) is 9.57. The van der Waals surface area contributed by atoms with Gasteiger partial charge in [-0.3, -0.25) is 20.2 Å². The van der Waals surface area contributed by atoms with Crippen molar-refractivity contribution in [2.24, 2.45) is 5.73 Å². The topological polar surface area (TPSA) is 172 Å². The molecule has 0 spiro atoms. The summed E-state index contributed by atoms with van der Waals surface area (Å²) >= 11 is 0. The van der Waals surface area contributed by atoms with Crippen LogP contribution in [0.5, 0.6) is 0 Å². The largest absolute Gasteiger partial charge is 0.399 e. The molecule has 0 unspecified atom stereocenters. The van der Waals surface area contributed by atoms with Crippen LogP contribution in [0.3, 0.4) is 0 Å². The van der Waals surface area contributed by atoms with Gasteiger partial charge in [0, 0.05) is 79.6 Å². The summed E-state index contributed by atoms with van der Waals surface area (Å²) in [6.45, 7) is 18.8. The first kappa shape index (κ1) is 49.2. The van der Waals surface area contributed by atoms with Crippen molar-refractivity contribution in [3.63, 3.8) is 0 Å². The van der Waals surface area contributed by atoms with Gasteiger partial charge in [0.1, 0.15) is 5.82 Å². The second kappa shape index (κ2) is 26.9. The molecule has 3 saturated heterocycles. The molecular formula is C39H62Cl2FN9O4. The van der Waals surface area contributed by atoms with Crippen LogP contribution >= 0.6 is 24.8 Å². The van der Waals surface area contributed by atoms with Crippen molar-refractivity contribution >= 4 is 53.3 Å². The minimum absolute atomic E-state index is 0. The first-order valence-corrected chi connectivity index (χ1v) is 18.8. The highest BCUT2D eigenvalue weighted by atomic mass is 35.5. The zero-order valence-electron chi connectivity index (χ0n) is 32.6. The van der Waals surface area contributed by atoms with Crippen molar-refractivity contribution in [1.82, 2.24) is 14.7 Å². The fourth-order valence-electron chi connectivity index (χ4n) is 6.50. The maximum absolute atomic E-state index is 12.4. The molecule has 0 radical (unpaired) electrons. The molecule has 16 heteroatoms. The first-order chi connectivity index (χ1) is 25.5. The number of halogens is 3. The number of nitrogens with two attached hydrogens (primary N) is 2. The Kier molecular flexibility index (Phi) is 24.1. The summed E-state index contributed by atoms with van der Waals surface area (Å²) in [5, 5.41) is 27.7. The van der Waals surface area contributed by atoms with Gasteiger partial charge < -0.3 is 36.8 Å². The Hall–Kier alpha value is -3.79. The van der Waals surface area contributed by atoms with E-state index in [-0.39, 0.29) is 41.1 Å². The lowest BCUT2D eigenvalue weighted by atomic mass is 10.2. The highest BCUT2D eigenvalue weighted by molar-refractivity contribution is 5.85. The predicted molar refractivity (Wildman–Crippen MR) is 229 cm³/mol. The van der Waals surface area contributed by atoms with Crippen LogP contribution in [0.2, 0.25) is 0 Å². The third-order valence-electron chi connectivity index (χ3n) is 9.57. The molecule has 6 rings (SSSR count). The van der Waals surface area contributed by atoms with E-state index in [1.54, 1.807) is 19.1 Å². The van der Waals surface area contributed by atoms with E-state index >= 15 is 0 Å². The maximum atomic E-state index is 12.4. The molecule has 3 aliphatic rings. The minimum atomic E-state index is -0.533. The molecule has 3 aromatic rings. The molecular weight excluding hydrogens is 748 g/mol. The van der Waals surface area contributed by atoms with Crippen LogP contribution in [-0.2, 0) is 0 Å². The Balaban J connectivity index is 0.000000377. The fourth-order valence-corrected chi connectivity index (χ4v) is 6.50. The number of benzene rings is 3. The molecule has 3 fully saturated rings. The van der Waals surface area contributed by atoms with Gasteiger partial charge in [-0.2, -0.15) is 0 Å². The van der Waals surface area contributed by atoms with Crippen LogP contribution in [0.25, 0.3) is 0 Å². The van der Waals surface area contributed by atoms with E-state index in [2.05, 4.69) is 31.4 Å². The second-order valence-electron chi connectivity index (χ2n) is 13.8. The fraction of sp³-hybridized carbons (Fsp3) is 0.538. The van der Waals surface area contributed by atoms with E-state index in [9.17, 15) is 24.6 Å². The van der Waals surface area contributed by atoms with E-state index in [1.165, 1.54) is 90.4 Å². The first-order valence-electron chi connectivity index (χ1n) is 18.8. The molecule has 13 nitrogen and oxygen atoms in total. The second-order valence-corrected chi connectivity index (χ2v) is 13.8. The zero-order valence-corrected chi connectivity index (χ0v) is 34.3. The molecule has 0 bridgehead atoms. The molecule has 0 aliphatic carbocycles. The van der Waals surface area contributed by atoms with Crippen molar-refractivity contribution < 1.29 is 14.2 Å². The summed E-state index contributed by atoms with van der Waals surface area (Å²) in [7, 11) is 0. The lowest BCUT2D eigenvalue weighted by Gasteiger charge is -2.15. The molecule has 0 saturated carbocycles. The Bertz CT molecular complexity index is 1570. The Morgan fingerprint density at radius 3 is 1.38 bits per heavy atom. The summed E-state index contributed by atoms with van der Waals surface area (Å²) in [6, 6.07) is 14.7. The van der Waals surface area contributed by atoms with Crippen molar-refractivity contribution in [2.45, 2.75) is 59.3 Å². The smallest absolute Gasteiger partial charge is 0.272 e. The molecule has 3 aliphatic heterocycles. The number of hydrogen-bond acceptors (Lipinski definition) is 11. The number of nitrogens with one attached hydrogen (secondary N) is 2. The SMILES string of the molecule is Cc1cc(F)ccc1[N+](=O)[O-].Cc1cc(NCCN2CCCC2)ccc1N.Cc1cc(NCCN2CCCC2)ccc1[N+](=O)[O-].Cl.Cl.NCCN1CCCC1. The number of rotatable bonds is 12. The van der Waals surface area contributed by atoms with Gasteiger partial charge in [0.25, 0.3) is 11.4 Å². The van der Waals surface area contributed by atoms with E-state index in [0.717, 1.165) is 74.4 Å². The van der Waals surface area contributed by atoms with Crippen molar-refractivity contribution in [3.05, 3.63) is 97.3 Å². The van der Waals surface area contributed by atoms with Crippen molar-refractivity contribution in [3.8, 4) is 0 Å². The quantitative estimate of drug-likeness (QED) is 0.0815. The molecule has 3 aromatic carbocycles. The summed E-state index contributed by atoms with van der Waals surface area (Å²) in [4.78, 5) is 27.4. The van der Waals surface area contributed by atoms with E-state index in [4.69, 9.17) is 11.5 Å². The summed E-state index contributed by atoms with van der Waals surface area (Å²) in [5.41, 5.74) is 16.5. The molecule has 0 amide bonds. The van der Waals surface area contributed by atoms with Gasteiger partial charge in [0.2, 0.25) is 0 Å². The van der Waals surface area contributed by atoms with Crippen LogP contribution in [0.4, 0.5) is 32.8 Å². The number of likely N-dealkylation sites (tertiary alicyclic amines) is 3. The molecule has 308 valence electrons. The Morgan fingerprint density at radius 2 is 1.00 bits per heavy atom. The van der Waals surface area contributed by atoms with Gasteiger partial charge in [0.05, 0.1) is 9.85 Å². The van der Waals surface area contributed by atoms with Crippen LogP contribution in [-0.4, -0.2) is 103 Å². The number of nitrogens with zero attached hydrogens (tertiary/aromatic N) is 5. The molecule has 55 heavy (non-hydrogen) atoms. The van der Waals surface area contributed by atoms with Crippen LogP contribution < -0.4 is 22.1 Å². The number of nitrogen functional groups attached to an aromatic ring is 1. The highest BCUT2D eigenvalue weighted by Crippen LogP contribution is 2.22. The lowest BCUT2D eigenvalue weighted by molar-refractivity contribution is -0.385. The molecule has 0 aromatic heterocycles. The zero-order chi connectivity index (χ0) is 38.6. The van der Waals surface area contributed by atoms with Crippen LogP contribution in [0.1, 0.15) is 55.2 Å². The molecule has 6 N–H and O–H groups in total. The minimum Gasteiger partial charge on any atom is -0.399 e. The van der Waals surface area contributed by atoms with Crippen molar-refractivity contribution in [1.29, 1.82) is 0 Å². The van der Waals surface area contributed by atoms with Crippen LogP contribution in [0.15, 0.2) is 54.6 Å². The molecule has 0 atom stereocenters. The Morgan fingerprint density at radius 1 is 0.618 bits per heavy atom. The van der Waals surface area contributed by atoms with E-state index in [0.29, 0.717) is 11.1 Å². The number of aryl methyl sites for hydroxylation is 3. The van der Waals surface area contributed by atoms with Crippen molar-refractivity contribution in [2.75, 3.05) is 94.9 Å². The predicted octanol–water partition coefficient (Wildman–Crippen LogP) is 7.42. The van der Waals surface area contributed by atoms with Crippen LogP contribution in [0, 0.1) is 46.8 Å². The third kappa shape index (κ3) is 18.6. The average Bonchev–Trinajstić information content (AvgIpc) is 3.93. The number of hydrogen-bond donors (Lipinski definition) is 4. The standard InChI is InChI=1S/C13H19N3O2.C13H21N3.C7H6FNO2.C6H14N2.2ClH/c1-11-10-12(4-5-13(11)16(17)18)14-6-9-15-7-2-3-8-15;1-11-10-12(4-5-13(11)14)15-6-9-16-7-2-3-8-16;1-5-4-6(8)2-3-7(5)9(10)11;7-3-6-8-4-1-2-5-8;;/h4-5,10,14H,2-3,6-9H2,1H3;4-5,10,15H,2-3,6-9,14H2,1H3;2-4H,1H3;1-7H2;2*1H. The highest BCUT2D eigenvalue weighted by Gasteiger charge is 2.13. The molecule has 3 heterocycles. The Labute approximate surface area is 338 Å². The van der Waals surface area contributed by atoms with Gasteiger partial charge in [-0.1, -0.05) is 0 Å². The summed E-state index contributed by atoms with van der Waals surface area (Å²) < 4.78 is 12.4. The number of nitro benzene ring substituents is 2. The number of nitro groups is 2. The van der Waals surface area contributed by atoms with Gasteiger partial charge in [0.15, 0.2) is 0 Å². The summed E-state index contributed by atoms with van der Waals surface area (Å²) in [5.74, 6) is -0.451. The van der Waals surface area contributed by atoms with Gasteiger partial charge in [-0.15, -0.1) is 24.8 Å². The van der Waals surface area contributed by atoms with Gasteiger partial charge in [-0.05, 0) is 147 Å². The van der Waals surface area contributed by atoms with Gasteiger partial charge >= 0.3 is 0 Å². The van der Waals surface area contributed by atoms with E-state index < -0.39 is 10.7 Å². The average molecular weight is 811 g/mol. The monoisotopic (exact) mass is 809 g/mol. The normalized spacial score (nSPS) is 15.1. The summed E-state index contributed by atoms with van der Waals surface area (Å²) in [6.07, 6.45) is 8.08. The van der Waals surface area contributed by atoms with Gasteiger partial charge in [-0.25, -0.2) is 4.39 Å².